The molecular formula is C17H15F2NO3. The summed E-state index contributed by atoms with van der Waals surface area (Å²) in [6, 6.07) is 8.36. The van der Waals surface area contributed by atoms with Crippen LogP contribution in [0.2, 0.25) is 0 Å². The molecule has 4 nitrogen and oxygen atoms in total. The summed E-state index contributed by atoms with van der Waals surface area (Å²) in [5.41, 5.74) is 0.0557. The third-order valence-corrected chi connectivity index (χ3v) is 3.48. The van der Waals surface area contributed by atoms with Gasteiger partial charge in [-0.3, -0.25) is 4.79 Å². The number of nitrogens with zero attached hydrogens (tertiary/aromatic N) is 1. The van der Waals surface area contributed by atoms with Crippen molar-refractivity contribution >= 4 is 5.97 Å². The number of nitriles is 1. The van der Waals surface area contributed by atoms with Crippen molar-refractivity contribution in [3.05, 3.63) is 59.6 Å². The molecule has 0 saturated carbocycles. The molecule has 0 N–H and O–H groups in total. The zero-order valence-corrected chi connectivity index (χ0v) is 12.5. The molecule has 0 aliphatic carbocycles. The predicted molar refractivity (Wildman–Crippen MR) is 77.4 cm³/mol. The third-order valence-electron chi connectivity index (χ3n) is 3.48. The Bertz CT molecular complexity index is 707. The average molecular weight is 319 g/mol. The van der Waals surface area contributed by atoms with Crippen molar-refractivity contribution < 1.29 is 22.7 Å². The van der Waals surface area contributed by atoms with Crippen LogP contribution in [0.4, 0.5) is 8.78 Å². The quantitative estimate of drug-likeness (QED) is 0.758. The fraction of sp³-hybridized carbons (Fsp3) is 0.294. The van der Waals surface area contributed by atoms with Crippen molar-refractivity contribution in [1.82, 2.24) is 0 Å². The zero-order valence-electron chi connectivity index (χ0n) is 12.5. The largest absolute Gasteiger partial charge is 0.468 e. The number of rotatable bonds is 6. The van der Waals surface area contributed by atoms with E-state index in [1.807, 2.05) is 0 Å². The summed E-state index contributed by atoms with van der Waals surface area (Å²) in [7, 11) is 0. The van der Waals surface area contributed by atoms with Crippen molar-refractivity contribution in [2.24, 2.45) is 0 Å². The number of hydrogen-bond donors (Lipinski definition) is 0. The van der Waals surface area contributed by atoms with E-state index in [9.17, 15) is 18.8 Å². The van der Waals surface area contributed by atoms with Crippen molar-refractivity contribution in [3.8, 4) is 6.07 Å². The fourth-order valence-corrected chi connectivity index (χ4v) is 2.45. The molecule has 0 amide bonds. The van der Waals surface area contributed by atoms with E-state index in [0.29, 0.717) is 5.76 Å². The van der Waals surface area contributed by atoms with Crippen LogP contribution in [-0.4, -0.2) is 12.6 Å². The van der Waals surface area contributed by atoms with E-state index in [1.54, 1.807) is 12.1 Å². The molecule has 0 fully saturated rings. The normalized spacial score (nSPS) is 13.1. The molecule has 23 heavy (non-hydrogen) atoms. The lowest BCUT2D eigenvalue weighted by Gasteiger charge is -2.21. The first-order valence-corrected chi connectivity index (χ1v) is 7.04. The molecule has 0 aliphatic rings. The fourth-order valence-electron chi connectivity index (χ4n) is 2.45. The van der Waals surface area contributed by atoms with Crippen LogP contribution in [0.25, 0.3) is 0 Å². The number of carbonyl (C=O) groups excluding carboxylic acids is 1. The molecule has 2 rings (SSSR count). The summed E-state index contributed by atoms with van der Waals surface area (Å²) in [6.07, 6.45) is 1.57. The molecule has 1 heterocycles. The highest BCUT2D eigenvalue weighted by Crippen LogP contribution is 2.37. The van der Waals surface area contributed by atoms with Gasteiger partial charge in [-0.25, -0.2) is 8.78 Å². The lowest BCUT2D eigenvalue weighted by molar-refractivity contribution is -0.141. The van der Waals surface area contributed by atoms with Gasteiger partial charge in [0.05, 0.1) is 18.9 Å². The Labute approximate surface area is 132 Å². The van der Waals surface area contributed by atoms with Crippen molar-refractivity contribution in [3.63, 3.8) is 0 Å². The Hall–Kier alpha value is -2.68. The van der Waals surface area contributed by atoms with E-state index in [1.165, 1.54) is 13.2 Å². The van der Waals surface area contributed by atoms with Crippen LogP contribution in [0.15, 0.2) is 41.0 Å². The van der Waals surface area contributed by atoms with E-state index in [0.717, 1.165) is 18.2 Å². The van der Waals surface area contributed by atoms with Gasteiger partial charge in [0.1, 0.15) is 23.3 Å². The zero-order chi connectivity index (χ0) is 16.8. The van der Waals surface area contributed by atoms with Crippen LogP contribution in [0.1, 0.15) is 36.5 Å². The molecule has 2 aromatic rings. The summed E-state index contributed by atoms with van der Waals surface area (Å²) in [5, 5.41) is 9.46. The van der Waals surface area contributed by atoms with Crippen LogP contribution in [-0.2, 0) is 9.53 Å². The Morgan fingerprint density at radius 2 is 2.17 bits per heavy atom. The lowest BCUT2D eigenvalue weighted by Crippen LogP contribution is -2.15. The maximum absolute atomic E-state index is 14.1. The highest BCUT2D eigenvalue weighted by Gasteiger charge is 2.29. The molecule has 0 bridgehead atoms. The first kappa shape index (κ1) is 16.7. The standard InChI is InChI=1S/C17H15F2NO3/c1-11(21)22-8-6-13(14-9-12(18)4-5-16(14)19)15(10-20)17-3-2-7-23-17/h2-5,7,9,13,15H,6,8H2,1H3/t13-,15-/m1/s1. The summed E-state index contributed by atoms with van der Waals surface area (Å²) >= 11 is 0. The molecule has 120 valence electrons. The Morgan fingerprint density at radius 1 is 1.39 bits per heavy atom. The molecule has 2 atom stereocenters. The molecule has 1 aromatic carbocycles. The molecule has 1 aromatic heterocycles. The minimum Gasteiger partial charge on any atom is -0.468 e. The Morgan fingerprint density at radius 3 is 2.78 bits per heavy atom. The number of ether oxygens (including phenoxy) is 1. The molecule has 6 heteroatoms. The van der Waals surface area contributed by atoms with Gasteiger partial charge in [0.15, 0.2) is 0 Å². The highest BCUT2D eigenvalue weighted by atomic mass is 19.1. The van der Waals surface area contributed by atoms with Gasteiger partial charge in [-0.2, -0.15) is 5.26 Å². The summed E-state index contributed by atoms with van der Waals surface area (Å²) in [5.74, 6) is -2.88. The van der Waals surface area contributed by atoms with Gasteiger partial charge in [0.2, 0.25) is 0 Å². The predicted octanol–water partition coefficient (Wildman–Crippen LogP) is 3.90. The Balaban J connectivity index is 2.36. The number of hydrogen-bond acceptors (Lipinski definition) is 4. The maximum atomic E-state index is 14.1. The molecule has 0 saturated heterocycles. The minimum atomic E-state index is -0.822. The number of carbonyl (C=O) groups is 1. The van der Waals surface area contributed by atoms with E-state index in [4.69, 9.17) is 9.15 Å². The van der Waals surface area contributed by atoms with E-state index >= 15 is 0 Å². The van der Waals surface area contributed by atoms with Crippen molar-refractivity contribution in [2.75, 3.05) is 6.61 Å². The SMILES string of the molecule is CC(=O)OCC[C@H](c1cc(F)ccc1F)[C@@H](C#N)c1ccco1. The lowest BCUT2D eigenvalue weighted by atomic mass is 9.82. The third kappa shape index (κ3) is 4.16. The van der Waals surface area contributed by atoms with Crippen LogP contribution >= 0.6 is 0 Å². The van der Waals surface area contributed by atoms with E-state index in [-0.39, 0.29) is 18.6 Å². The van der Waals surface area contributed by atoms with Crippen LogP contribution in [0.3, 0.4) is 0 Å². The van der Waals surface area contributed by atoms with Gasteiger partial charge in [-0.15, -0.1) is 0 Å². The second-order valence-corrected chi connectivity index (χ2v) is 5.02. The number of benzene rings is 1. The smallest absolute Gasteiger partial charge is 0.302 e. The maximum Gasteiger partial charge on any atom is 0.302 e. The van der Waals surface area contributed by atoms with Gasteiger partial charge in [-0.05, 0) is 42.3 Å². The van der Waals surface area contributed by atoms with Gasteiger partial charge in [0.25, 0.3) is 0 Å². The highest BCUT2D eigenvalue weighted by molar-refractivity contribution is 5.65. The minimum absolute atomic E-state index is 0.00512. The Kier molecular flexibility index (Phi) is 5.47. The van der Waals surface area contributed by atoms with Gasteiger partial charge in [0, 0.05) is 12.8 Å². The molecular weight excluding hydrogens is 304 g/mol. The molecule has 0 spiro atoms. The van der Waals surface area contributed by atoms with E-state index in [2.05, 4.69) is 6.07 Å². The van der Waals surface area contributed by atoms with E-state index < -0.39 is 29.4 Å². The number of halogens is 2. The first-order valence-electron chi connectivity index (χ1n) is 7.04. The monoisotopic (exact) mass is 319 g/mol. The number of furan rings is 1. The molecule has 0 aliphatic heterocycles. The molecule has 0 radical (unpaired) electrons. The van der Waals surface area contributed by atoms with Crippen LogP contribution < -0.4 is 0 Å². The number of esters is 1. The van der Waals surface area contributed by atoms with Crippen molar-refractivity contribution in [2.45, 2.75) is 25.2 Å². The molecule has 0 unspecified atom stereocenters. The average Bonchev–Trinajstić information content (AvgIpc) is 3.03. The summed E-state index contributed by atoms with van der Waals surface area (Å²) < 4.78 is 37.8. The summed E-state index contributed by atoms with van der Waals surface area (Å²) in [4.78, 5) is 10.9. The van der Waals surface area contributed by atoms with Gasteiger partial charge >= 0.3 is 5.97 Å². The topological polar surface area (TPSA) is 63.2 Å². The van der Waals surface area contributed by atoms with Gasteiger partial charge < -0.3 is 9.15 Å². The summed E-state index contributed by atoms with van der Waals surface area (Å²) in [6.45, 7) is 1.25. The van der Waals surface area contributed by atoms with Crippen LogP contribution in [0, 0.1) is 23.0 Å². The first-order chi connectivity index (χ1) is 11.0. The van der Waals surface area contributed by atoms with Gasteiger partial charge in [-0.1, -0.05) is 0 Å². The second kappa shape index (κ2) is 7.54. The second-order valence-electron chi connectivity index (χ2n) is 5.02. The van der Waals surface area contributed by atoms with Crippen molar-refractivity contribution in [1.29, 1.82) is 5.26 Å². The van der Waals surface area contributed by atoms with Crippen LogP contribution in [0.5, 0.6) is 0 Å².